The fraction of sp³-hybridized carbons (Fsp3) is 0.606. The molecule has 10 amide bonds. The molecule has 11 atom stereocenters. The Kier molecular flexibility index (Phi) is 28.9. The second-order valence-corrected chi connectivity index (χ2v) is 26.6. The van der Waals surface area contributed by atoms with E-state index >= 15 is 4.79 Å². The standard InChI is InChI=1S/C71H106N10O11/c1-16-47(6)61-70(91)75(10)48(7)67(88)79(14)58(43-52-29-20-17-21-30-52)65(86)74-62(50(9)82)71(92)76(11)49(8)66(87)78(13)56(40-45(2)3)63(84)72-55(68(89)81-38-26-19-27-39-81)42-54-36-34-51(35-37-54)28-24-25-33-60(83)77(12)59(44-53-31-22-18-23-32-53)69(90)80(15)57(41-46(4)5)64(85)73-61/h17-18,20-23,29-32,34-37,45-50,55-59,61-62,82H,16,19,24-28,33,38-44H2,1-15H3,(H,72,84)(H,73,85)(H,74,86)/t47-,48-,49-,50+,55-,56-,57-,58-,59-,61-,62-/m0/s1. The van der Waals surface area contributed by atoms with Crippen LogP contribution in [0.5, 0.6) is 0 Å². The van der Waals surface area contributed by atoms with E-state index in [1.807, 2.05) is 89.2 Å². The molecule has 3 aromatic carbocycles. The Morgan fingerprint density at radius 1 is 0.478 bits per heavy atom. The van der Waals surface area contributed by atoms with Gasteiger partial charge in [-0.2, -0.15) is 0 Å². The van der Waals surface area contributed by atoms with Crippen LogP contribution in [-0.4, -0.2) is 214 Å². The van der Waals surface area contributed by atoms with Gasteiger partial charge in [0, 0.05) is 81.1 Å². The third-order valence-corrected chi connectivity index (χ3v) is 18.7. The third kappa shape index (κ3) is 20.4. The van der Waals surface area contributed by atoms with Gasteiger partial charge in [0.2, 0.25) is 59.1 Å². The molecule has 6 rings (SSSR count). The Bertz CT molecular complexity index is 2960. The van der Waals surface area contributed by atoms with Crippen LogP contribution in [0.25, 0.3) is 0 Å². The van der Waals surface area contributed by atoms with Gasteiger partial charge in [0.1, 0.15) is 54.4 Å². The average Bonchev–Trinajstić information content (AvgIpc) is 0.854. The van der Waals surface area contributed by atoms with Crippen molar-refractivity contribution < 1.29 is 53.1 Å². The number of aliphatic hydroxyl groups excluding tert-OH is 1. The number of amides is 10. The molecule has 21 nitrogen and oxygen atoms in total. The molecule has 1 fully saturated rings. The number of nitrogens with one attached hydrogen (secondary N) is 3. The summed E-state index contributed by atoms with van der Waals surface area (Å²) in [5.74, 6) is -6.28. The van der Waals surface area contributed by atoms with Gasteiger partial charge in [-0.15, -0.1) is 0 Å². The van der Waals surface area contributed by atoms with Gasteiger partial charge in [-0.1, -0.05) is 133 Å². The molecule has 4 N–H and O–H groups in total. The summed E-state index contributed by atoms with van der Waals surface area (Å²) in [7, 11) is 8.83. The highest BCUT2D eigenvalue weighted by atomic mass is 16.3. The van der Waals surface area contributed by atoms with Crippen LogP contribution in [0.1, 0.15) is 142 Å². The molecule has 0 spiro atoms. The van der Waals surface area contributed by atoms with Crippen molar-refractivity contribution in [1.29, 1.82) is 0 Å². The van der Waals surface area contributed by atoms with Gasteiger partial charge in [0.05, 0.1) is 6.10 Å². The highest BCUT2D eigenvalue weighted by Crippen LogP contribution is 2.24. The Hall–Kier alpha value is -7.68. The molecule has 21 heteroatoms. The van der Waals surface area contributed by atoms with Crippen LogP contribution >= 0.6 is 0 Å². The van der Waals surface area contributed by atoms with Gasteiger partial charge in [-0.25, -0.2) is 0 Å². The first kappa shape index (κ1) is 75.0. The lowest BCUT2D eigenvalue weighted by Gasteiger charge is -2.38. The first-order chi connectivity index (χ1) is 43.5. The van der Waals surface area contributed by atoms with E-state index in [2.05, 4.69) is 16.0 Å². The lowest BCUT2D eigenvalue weighted by Crippen LogP contribution is -2.62. The zero-order chi connectivity index (χ0) is 68.3. The number of rotatable bonds is 12. The van der Waals surface area contributed by atoms with Crippen molar-refractivity contribution in [2.45, 2.75) is 206 Å². The van der Waals surface area contributed by atoms with Crippen molar-refractivity contribution in [2.24, 2.45) is 17.8 Å². The van der Waals surface area contributed by atoms with E-state index in [1.54, 1.807) is 56.3 Å². The number of nitrogens with zero attached hydrogens (tertiary/aromatic N) is 7. The van der Waals surface area contributed by atoms with Gasteiger partial charge in [0.15, 0.2) is 0 Å². The number of benzene rings is 3. The molecule has 3 aliphatic rings. The molecule has 92 heavy (non-hydrogen) atoms. The topological polar surface area (TPSA) is 250 Å². The molecule has 506 valence electrons. The molecule has 2 bridgehead atoms. The summed E-state index contributed by atoms with van der Waals surface area (Å²) in [6.07, 6.45) is 4.19. The van der Waals surface area contributed by atoms with Crippen molar-refractivity contribution in [3.63, 3.8) is 0 Å². The number of carbonyl (C=O) groups is 10. The third-order valence-electron chi connectivity index (χ3n) is 18.7. The summed E-state index contributed by atoms with van der Waals surface area (Å²) in [5.41, 5.74) is 3.25. The minimum absolute atomic E-state index is 0.0587. The molecule has 0 saturated carbocycles. The normalized spacial score (nSPS) is 25.3. The largest absolute Gasteiger partial charge is 0.391 e. The first-order valence-corrected chi connectivity index (χ1v) is 33.1. The predicted octanol–water partition coefficient (Wildman–Crippen LogP) is 5.43. The van der Waals surface area contributed by atoms with Crippen LogP contribution in [0.4, 0.5) is 0 Å². The molecular formula is C71H106N10O11. The maximum atomic E-state index is 15.1. The Balaban J connectivity index is 1.58. The minimum atomic E-state index is -1.63. The fourth-order valence-corrected chi connectivity index (χ4v) is 12.1. The van der Waals surface area contributed by atoms with Crippen LogP contribution in [0.15, 0.2) is 84.9 Å². The highest BCUT2D eigenvalue weighted by Gasteiger charge is 2.43. The zero-order valence-electron chi connectivity index (χ0n) is 57.4. The molecule has 0 unspecified atom stereocenters. The second-order valence-electron chi connectivity index (χ2n) is 26.6. The summed E-state index contributed by atoms with van der Waals surface area (Å²) in [6, 6.07) is 15.3. The maximum Gasteiger partial charge on any atom is 0.248 e. The SMILES string of the molecule is CC[C@H](C)[C@@H]1NC(=O)[C@H](CC(C)C)N(C)C(=O)[C@H](Cc2ccccc2)N(C)C(=O)CCCCc2ccc(cc2)C[C@@H](C(=O)N2CCCCC2)NC(=O)[C@H](CC(C)C)N(C)C(=O)[C@H](C)N(C)C(=O)[C@H]([C@@H](C)O)NC(=O)[C@H](Cc2ccccc2)N(C)C(=O)[C@H](C)N(C)C1=O. The van der Waals surface area contributed by atoms with Gasteiger partial charge >= 0.3 is 0 Å². The van der Waals surface area contributed by atoms with Crippen molar-refractivity contribution in [3.8, 4) is 0 Å². The molecule has 3 aromatic rings. The predicted molar refractivity (Wildman–Crippen MR) is 355 cm³/mol. The van der Waals surface area contributed by atoms with Gasteiger partial charge < -0.3 is 55.4 Å². The van der Waals surface area contributed by atoms with Crippen LogP contribution in [0.3, 0.4) is 0 Å². The molecular weight excluding hydrogens is 1170 g/mol. The molecule has 0 aliphatic carbocycles. The number of hydrogen-bond donors (Lipinski definition) is 4. The monoisotopic (exact) mass is 1270 g/mol. The van der Waals surface area contributed by atoms with Gasteiger partial charge in [-0.3, -0.25) is 47.9 Å². The number of aliphatic hydroxyl groups is 1. The number of likely N-dealkylation sites (N-methyl/N-ethyl adjacent to an activating group) is 6. The number of aryl methyl sites for hydroxylation is 1. The average molecular weight is 1280 g/mol. The van der Waals surface area contributed by atoms with E-state index in [1.165, 1.54) is 73.5 Å². The van der Waals surface area contributed by atoms with E-state index in [9.17, 15) is 48.3 Å². The van der Waals surface area contributed by atoms with Crippen LogP contribution in [-0.2, 0) is 73.6 Å². The first-order valence-electron chi connectivity index (χ1n) is 33.1. The molecule has 1 saturated heterocycles. The quantitative estimate of drug-likeness (QED) is 0.167. The number of piperidine rings is 1. The highest BCUT2D eigenvalue weighted by molar-refractivity contribution is 5.99. The molecule has 0 aromatic heterocycles. The molecule has 3 aliphatic heterocycles. The van der Waals surface area contributed by atoms with Crippen molar-refractivity contribution in [2.75, 3.05) is 55.4 Å². The lowest BCUT2D eigenvalue weighted by atomic mass is 9.95. The van der Waals surface area contributed by atoms with E-state index in [-0.39, 0.29) is 62.2 Å². The maximum absolute atomic E-state index is 15.1. The number of hydrogen-bond acceptors (Lipinski definition) is 11. The number of fused-ring (bicyclic) bond motifs is 33. The molecule has 3 heterocycles. The van der Waals surface area contributed by atoms with Gasteiger partial charge in [-0.05, 0) is 112 Å². The smallest absolute Gasteiger partial charge is 0.248 e. The van der Waals surface area contributed by atoms with Gasteiger partial charge in [0.25, 0.3) is 0 Å². The second kappa shape index (κ2) is 35.4. The number of likely N-dealkylation sites (tertiary alicyclic amines) is 1. The summed E-state index contributed by atoms with van der Waals surface area (Å²) < 4.78 is 0. The van der Waals surface area contributed by atoms with E-state index < -0.39 is 114 Å². The Morgan fingerprint density at radius 2 is 0.902 bits per heavy atom. The van der Waals surface area contributed by atoms with E-state index in [0.717, 1.165) is 40.9 Å². The van der Waals surface area contributed by atoms with E-state index in [0.29, 0.717) is 44.3 Å². The minimum Gasteiger partial charge on any atom is -0.391 e. The summed E-state index contributed by atoms with van der Waals surface area (Å²) in [5, 5.41) is 20.0. The number of carbonyl (C=O) groups excluding carboxylic acids is 10. The molecule has 0 radical (unpaired) electrons. The van der Waals surface area contributed by atoms with Crippen molar-refractivity contribution >= 4 is 59.1 Å². The zero-order valence-corrected chi connectivity index (χ0v) is 57.4. The van der Waals surface area contributed by atoms with Crippen molar-refractivity contribution in [1.82, 2.24) is 50.2 Å². The van der Waals surface area contributed by atoms with Crippen LogP contribution in [0, 0.1) is 17.8 Å². The summed E-state index contributed by atoms with van der Waals surface area (Å²) >= 11 is 0. The Morgan fingerprint density at radius 3 is 1.39 bits per heavy atom. The summed E-state index contributed by atoms with van der Waals surface area (Å²) in [6.45, 7) is 16.7. The van der Waals surface area contributed by atoms with Crippen molar-refractivity contribution in [3.05, 3.63) is 107 Å². The van der Waals surface area contributed by atoms with Crippen LogP contribution in [0.2, 0.25) is 0 Å². The lowest BCUT2D eigenvalue weighted by molar-refractivity contribution is -0.151. The Labute approximate surface area is 546 Å². The van der Waals surface area contributed by atoms with Crippen LogP contribution < -0.4 is 16.0 Å². The summed E-state index contributed by atoms with van der Waals surface area (Å²) in [4.78, 5) is 157. The fourth-order valence-electron chi connectivity index (χ4n) is 12.1. The van der Waals surface area contributed by atoms with E-state index in [4.69, 9.17) is 0 Å².